The molecule has 1 aliphatic rings. The number of para-hydroxylation sites is 1. The van der Waals surface area contributed by atoms with E-state index in [4.69, 9.17) is 9.47 Å². The molecular formula is C29H37N3O4. The zero-order valence-electron chi connectivity index (χ0n) is 22.1. The first-order chi connectivity index (χ1) is 17.2. The Labute approximate surface area is 214 Å². The number of likely N-dealkylation sites (N-methyl/N-ethyl adjacent to an activating group) is 2. The minimum absolute atomic E-state index is 0.230. The van der Waals surface area contributed by atoms with Gasteiger partial charge in [-0.25, -0.2) is 4.79 Å². The Balaban J connectivity index is 2.03. The van der Waals surface area contributed by atoms with Crippen LogP contribution in [0.25, 0.3) is 0 Å². The number of benzene rings is 2. The summed E-state index contributed by atoms with van der Waals surface area (Å²) >= 11 is 0. The molecule has 1 amide bonds. The van der Waals surface area contributed by atoms with Crippen molar-refractivity contribution >= 4 is 11.9 Å². The van der Waals surface area contributed by atoms with Crippen molar-refractivity contribution in [3.8, 4) is 5.75 Å². The van der Waals surface area contributed by atoms with E-state index in [0.717, 1.165) is 11.1 Å². The summed E-state index contributed by atoms with van der Waals surface area (Å²) in [6, 6.07) is 15.7. The molecule has 0 radical (unpaired) electrons. The molecule has 2 aromatic rings. The van der Waals surface area contributed by atoms with Crippen molar-refractivity contribution in [1.82, 2.24) is 15.5 Å². The van der Waals surface area contributed by atoms with E-state index in [1.54, 1.807) is 0 Å². The van der Waals surface area contributed by atoms with Gasteiger partial charge < -0.3 is 25.0 Å². The Morgan fingerprint density at radius 1 is 0.972 bits per heavy atom. The summed E-state index contributed by atoms with van der Waals surface area (Å²) in [4.78, 5) is 28.6. The standard InChI is InChI=1S/C29H37N3O4/c1-7-30-28(33)25-20(3)31-21(4)26(29(34)35-17-16-32(5)6)27(25)23-10-8-9-11-24(23)36-18-22-14-12-19(2)13-15-22/h8-15,27,31H,7,16-18H2,1-6H3,(H,30,33). The third kappa shape index (κ3) is 6.55. The minimum atomic E-state index is -0.640. The lowest BCUT2D eigenvalue weighted by Gasteiger charge is -2.32. The van der Waals surface area contributed by atoms with Gasteiger partial charge in [0.1, 0.15) is 19.0 Å². The van der Waals surface area contributed by atoms with Gasteiger partial charge in [0.15, 0.2) is 0 Å². The van der Waals surface area contributed by atoms with Crippen LogP contribution in [0.15, 0.2) is 71.1 Å². The largest absolute Gasteiger partial charge is 0.489 e. The molecule has 0 saturated carbocycles. The van der Waals surface area contributed by atoms with Crippen molar-refractivity contribution < 1.29 is 19.1 Å². The van der Waals surface area contributed by atoms with Gasteiger partial charge in [0.25, 0.3) is 0 Å². The minimum Gasteiger partial charge on any atom is -0.489 e. The van der Waals surface area contributed by atoms with Crippen molar-refractivity contribution in [3.63, 3.8) is 0 Å². The smallest absolute Gasteiger partial charge is 0.336 e. The first-order valence-corrected chi connectivity index (χ1v) is 12.3. The molecule has 2 N–H and O–H groups in total. The number of ether oxygens (including phenoxy) is 2. The number of dihydropyridines is 1. The van der Waals surface area contributed by atoms with Gasteiger partial charge in [-0.2, -0.15) is 0 Å². The summed E-state index contributed by atoms with van der Waals surface area (Å²) in [5.74, 6) is -0.703. The Hall–Kier alpha value is -3.58. The molecule has 0 saturated heterocycles. The molecule has 0 spiro atoms. The third-order valence-corrected chi connectivity index (χ3v) is 6.08. The van der Waals surface area contributed by atoms with Crippen molar-refractivity contribution in [3.05, 3.63) is 87.8 Å². The number of amides is 1. The molecule has 7 heteroatoms. The molecule has 192 valence electrons. The van der Waals surface area contributed by atoms with E-state index in [1.165, 1.54) is 5.56 Å². The average Bonchev–Trinajstić information content (AvgIpc) is 2.83. The number of nitrogens with one attached hydrogen (secondary N) is 2. The molecule has 1 aliphatic heterocycles. The van der Waals surface area contributed by atoms with Gasteiger partial charge in [0.05, 0.1) is 11.5 Å². The fourth-order valence-corrected chi connectivity index (χ4v) is 4.23. The van der Waals surface area contributed by atoms with Gasteiger partial charge in [-0.3, -0.25) is 4.79 Å². The lowest BCUT2D eigenvalue weighted by atomic mass is 9.79. The maximum absolute atomic E-state index is 13.4. The van der Waals surface area contributed by atoms with Gasteiger partial charge in [-0.1, -0.05) is 48.0 Å². The van der Waals surface area contributed by atoms with E-state index in [2.05, 4.69) is 10.6 Å². The molecule has 3 rings (SSSR count). The maximum atomic E-state index is 13.4. The topological polar surface area (TPSA) is 79.9 Å². The molecule has 1 atom stereocenters. The van der Waals surface area contributed by atoms with Crippen LogP contribution in [-0.4, -0.2) is 50.6 Å². The van der Waals surface area contributed by atoms with E-state index in [9.17, 15) is 9.59 Å². The zero-order valence-corrected chi connectivity index (χ0v) is 22.1. The monoisotopic (exact) mass is 491 g/mol. The Bertz CT molecular complexity index is 1150. The van der Waals surface area contributed by atoms with Gasteiger partial charge in [-0.15, -0.1) is 0 Å². The zero-order chi connectivity index (χ0) is 26.2. The second-order valence-corrected chi connectivity index (χ2v) is 9.25. The summed E-state index contributed by atoms with van der Waals surface area (Å²) < 4.78 is 11.9. The van der Waals surface area contributed by atoms with Crippen molar-refractivity contribution in [2.45, 2.75) is 40.2 Å². The number of hydrogen-bond acceptors (Lipinski definition) is 6. The van der Waals surface area contributed by atoms with Gasteiger partial charge >= 0.3 is 5.97 Å². The average molecular weight is 492 g/mol. The predicted octanol–water partition coefficient (Wildman–Crippen LogP) is 4.05. The molecule has 7 nitrogen and oxygen atoms in total. The van der Waals surface area contributed by atoms with Gasteiger partial charge in [-0.05, 0) is 53.4 Å². The number of hydrogen-bond donors (Lipinski definition) is 2. The molecule has 2 aromatic carbocycles. The summed E-state index contributed by atoms with van der Waals surface area (Å²) in [6.07, 6.45) is 0. The Kier molecular flexibility index (Phi) is 9.31. The van der Waals surface area contributed by atoms with Crippen LogP contribution >= 0.6 is 0 Å². The molecule has 1 unspecified atom stereocenters. The van der Waals surface area contributed by atoms with Crippen LogP contribution in [0.4, 0.5) is 0 Å². The predicted molar refractivity (Wildman–Crippen MR) is 141 cm³/mol. The number of nitrogens with zero attached hydrogens (tertiary/aromatic N) is 1. The highest BCUT2D eigenvalue weighted by Crippen LogP contribution is 2.42. The summed E-state index contributed by atoms with van der Waals surface area (Å²) in [6.45, 7) is 9.29. The summed E-state index contributed by atoms with van der Waals surface area (Å²) in [5, 5.41) is 6.13. The molecular weight excluding hydrogens is 454 g/mol. The molecule has 0 bridgehead atoms. The quantitative estimate of drug-likeness (QED) is 0.488. The normalized spacial score (nSPS) is 15.6. The van der Waals surface area contributed by atoms with Crippen LogP contribution in [0.3, 0.4) is 0 Å². The highest BCUT2D eigenvalue weighted by atomic mass is 16.5. The fourth-order valence-electron chi connectivity index (χ4n) is 4.23. The molecule has 36 heavy (non-hydrogen) atoms. The number of carbonyl (C=O) groups excluding carboxylic acids is 2. The number of aryl methyl sites for hydroxylation is 1. The van der Waals surface area contributed by atoms with Crippen LogP contribution in [-0.2, 0) is 20.9 Å². The van der Waals surface area contributed by atoms with E-state index in [-0.39, 0.29) is 12.5 Å². The number of rotatable bonds is 10. The van der Waals surface area contributed by atoms with Crippen LogP contribution < -0.4 is 15.4 Å². The first kappa shape index (κ1) is 27.0. The Morgan fingerprint density at radius 2 is 1.64 bits per heavy atom. The van der Waals surface area contributed by atoms with Crippen molar-refractivity contribution in [1.29, 1.82) is 0 Å². The van der Waals surface area contributed by atoms with Crippen molar-refractivity contribution in [2.24, 2.45) is 0 Å². The number of allylic oxidation sites excluding steroid dienone is 2. The highest BCUT2D eigenvalue weighted by molar-refractivity contribution is 6.02. The molecule has 0 fully saturated rings. The van der Waals surface area contributed by atoms with E-state index in [1.807, 2.05) is 95.2 Å². The third-order valence-electron chi connectivity index (χ3n) is 6.08. The second-order valence-electron chi connectivity index (χ2n) is 9.25. The molecule has 0 aromatic heterocycles. The fraction of sp³-hybridized carbons (Fsp3) is 0.379. The van der Waals surface area contributed by atoms with E-state index in [0.29, 0.717) is 48.0 Å². The van der Waals surface area contributed by atoms with Gasteiger partial charge in [0, 0.05) is 35.6 Å². The van der Waals surface area contributed by atoms with Crippen molar-refractivity contribution in [2.75, 3.05) is 33.8 Å². The molecule has 0 aliphatic carbocycles. The van der Waals surface area contributed by atoms with Crippen LogP contribution in [0.1, 0.15) is 43.4 Å². The second kappa shape index (κ2) is 12.4. The summed E-state index contributed by atoms with van der Waals surface area (Å²) in [7, 11) is 3.84. The van der Waals surface area contributed by atoms with Crippen LogP contribution in [0.2, 0.25) is 0 Å². The lowest BCUT2D eigenvalue weighted by Crippen LogP contribution is -2.37. The SMILES string of the molecule is CCNC(=O)C1=C(C)NC(C)=C(C(=O)OCCN(C)C)C1c1ccccc1OCc1ccc(C)cc1. The van der Waals surface area contributed by atoms with Crippen LogP contribution in [0.5, 0.6) is 5.75 Å². The maximum Gasteiger partial charge on any atom is 0.336 e. The summed E-state index contributed by atoms with van der Waals surface area (Å²) in [5.41, 5.74) is 5.20. The highest BCUT2D eigenvalue weighted by Gasteiger charge is 2.38. The number of esters is 1. The van der Waals surface area contributed by atoms with E-state index < -0.39 is 11.9 Å². The number of carbonyl (C=O) groups is 2. The Morgan fingerprint density at radius 3 is 2.31 bits per heavy atom. The van der Waals surface area contributed by atoms with Gasteiger partial charge in [0.2, 0.25) is 5.91 Å². The van der Waals surface area contributed by atoms with Crippen LogP contribution in [0, 0.1) is 6.92 Å². The van der Waals surface area contributed by atoms with E-state index >= 15 is 0 Å². The molecule has 1 heterocycles. The lowest BCUT2D eigenvalue weighted by molar-refractivity contribution is -0.139. The first-order valence-electron chi connectivity index (χ1n) is 12.3.